The SMILES string of the molecule is CCNC(=NCC1(c2cccc(F)c2)CC1)NCCC(F)(F)F. The maximum absolute atomic E-state index is 13.4. The Labute approximate surface area is 133 Å². The van der Waals surface area contributed by atoms with E-state index in [9.17, 15) is 17.6 Å². The standard InChI is InChI=1S/C16H21F4N3/c1-2-21-14(22-9-8-16(18,19)20)23-11-15(6-7-15)12-4-3-5-13(17)10-12/h3-5,10H,2,6-9,11H2,1H3,(H2,21,22,23). The van der Waals surface area contributed by atoms with Crippen molar-refractivity contribution in [3.8, 4) is 0 Å². The van der Waals surface area contributed by atoms with Crippen LogP contribution in [0.15, 0.2) is 29.3 Å². The molecule has 0 aromatic heterocycles. The van der Waals surface area contributed by atoms with Gasteiger partial charge in [-0.25, -0.2) is 4.39 Å². The van der Waals surface area contributed by atoms with Crippen LogP contribution in [0.25, 0.3) is 0 Å². The Hall–Kier alpha value is -1.79. The van der Waals surface area contributed by atoms with E-state index in [0.29, 0.717) is 19.0 Å². The minimum Gasteiger partial charge on any atom is -0.357 e. The van der Waals surface area contributed by atoms with E-state index in [1.165, 1.54) is 12.1 Å². The van der Waals surface area contributed by atoms with E-state index in [-0.39, 0.29) is 17.8 Å². The topological polar surface area (TPSA) is 36.4 Å². The molecule has 23 heavy (non-hydrogen) atoms. The van der Waals surface area contributed by atoms with Gasteiger partial charge in [-0.2, -0.15) is 13.2 Å². The van der Waals surface area contributed by atoms with Gasteiger partial charge in [-0.3, -0.25) is 4.99 Å². The van der Waals surface area contributed by atoms with Gasteiger partial charge in [-0.15, -0.1) is 0 Å². The number of benzene rings is 1. The number of hydrogen-bond acceptors (Lipinski definition) is 1. The highest BCUT2D eigenvalue weighted by Crippen LogP contribution is 2.48. The van der Waals surface area contributed by atoms with Gasteiger partial charge in [0.2, 0.25) is 0 Å². The van der Waals surface area contributed by atoms with Crippen LogP contribution in [0.3, 0.4) is 0 Å². The lowest BCUT2D eigenvalue weighted by molar-refractivity contribution is -0.132. The Balaban J connectivity index is 1.97. The first-order chi connectivity index (χ1) is 10.8. The van der Waals surface area contributed by atoms with E-state index >= 15 is 0 Å². The first-order valence-corrected chi connectivity index (χ1v) is 7.70. The number of rotatable bonds is 6. The Kier molecular flexibility index (Phi) is 5.49. The molecule has 0 spiro atoms. The highest BCUT2D eigenvalue weighted by Gasteiger charge is 2.44. The summed E-state index contributed by atoms with van der Waals surface area (Å²) in [6.07, 6.45) is -3.29. The molecule has 1 aliphatic rings. The van der Waals surface area contributed by atoms with Crippen molar-refractivity contribution >= 4 is 5.96 Å². The van der Waals surface area contributed by atoms with Gasteiger partial charge in [-0.1, -0.05) is 12.1 Å². The highest BCUT2D eigenvalue weighted by molar-refractivity contribution is 5.79. The second kappa shape index (κ2) is 7.19. The van der Waals surface area contributed by atoms with E-state index in [4.69, 9.17) is 0 Å². The first-order valence-electron chi connectivity index (χ1n) is 7.70. The zero-order valence-corrected chi connectivity index (χ0v) is 13.0. The van der Waals surface area contributed by atoms with Crippen LogP contribution in [0.5, 0.6) is 0 Å². The summed E-state index contributed by atoms with van der Waals surface area (Å²) < 4.78 is 50.0. The number of nitrogens with one attached hydrogen (secondary N) is 2. The van der Waals surface area contributed by atoms with Crippen LogP contribution in [0.1, 0.15) is 31.7 Å². The summed E-state index contributed by atoms with van der Waals surface area (Å²) >= 11 is 0. The molecule has 0 bridgehead atoms. The molecule has 0 amide bonds. The minimum absolute atomic E-state index is 0.186. The lowest BCUT2D eigenvalue weighted by atomic mass is 9.96. The molecule has 2 N–H and O–H groups in total. The van der Waals surface area contributed by atoms with Crippen LogP contribution in [0, 0.1) is 5.82 Å². The fourth-order valence-electron chi connectivity index (χ4n) is 2.40. The van der Waals surface area contributed by atoms with Crippen molar-refractivity contribution in [2.24, 2.45) is 4.99 Å². The number of hydrogen-bond donors (Lipinski definition) is 2. The molecule has 2 rings (SSSR count). The van der Waals surface area contributed by atoms with Gasteiger partial charge in [-0.05, 0) is 37.5 Å². The Morgan fingerprint density at radius 1 is 1.26 bits per heavy atom. The molecule has 0 aliphatic heterocycles. The zero-order chi connectivity index (χ0) is 16.9. The van der Waals surface area contributed by atoms with Gasteiger partial charge in [0.25, 0.3) is 0 Å². The lowest BCUT2D eigenvalue weighted by Gasteiger charge is -2.16. The molecular weight excluding hydrogens is 310 g/mol. The molecule has 128 valence electrons. The van der Waals surface area contributed by atoms with Crippen LogP contribution < -0.4 is 10.6 Å². The van der Waals surface area contributed by atoms with Crippen molar-refractivity contribution in [2.75, 3.05) is 19.6 Å². The number of nitrogens with zero attached hydrogens (tertiary/aromatic N) is 1. The summed E-state index contributed by atoms with van der Waals surface area (Å²) in [4.78, 5) is 4.38. The minimum atomic E-state index is -4.19. The fourth-order valence-corrected chi connectivity index (χ4v) is 2.40. The Morgan fingerprint density at radius 3 is 2.57 bits per heavy atom. The maximum Gasteiger partial charge on any atom is 0.390 e. The number of aliphatic imine (C=N–C) groups is 1. The van der Waals surface area contributed by atoms with E-state index in [0.717, 1.165) is 18.4 Å². The van der Waals surface area contributed by atoms with E-state index in [2.05, 4.69) is 15.6 Å². The normalized spacial score (nSPS) is 17.0. The Morgan fingerprint density at radius 2 is 2.00 bits per heavy atom. The molecule has 1 aromatic carbocycles. The number of halogens is 4. The highest BCUT2D eigenvalue weighted by atomic mass is 19.4. The summed E-state index contributed by atoms with van der Waals surface area (Å²) in [5.41, 5.74) is 0.710. The first kappa shape index (κ1) is 17.6. The van der Waals surface area contributed by atoms with Gasteiger partial charge < -0.3 is 10.6 Å². The van der Waals surface area contributed by atoms with Crippen LogP contribution in [-0.4, -0.2) is 31.8 Å². The molecule has 0 atom stereocenters. The van der Waals surface area contributed by atoms with Gasteiger partial charge in [0.1, 0.15) is 5.82 Å². The average molecular weight is 331 g/mol. The molecule has 0 saturated heterocycles. The molecular formula is C16H21F4N3. The van der Waals surface area contributed by atoms with E-state index in [1.807, 2.05) is 13.0 Å². The van der Waals surface area contributed by atoms with Crippen LogP contribution in [-0.2, 0) is 5.41 Å². The Bertz CT molecular complexity index is 551. The third-order valence-corrected chi connectivity index (χ3v) is 3.88. The van der Waals surface area contributed by atoms with Crippen molar-refractivity contribution in [3.63, 3.8) is 0 Å². The van der Waals surface area contributed by atoms with Crippen molar-refractivity contribution in [1.29, 1.82) is 0 Å². The molecule has 0 radical (unpaired) electrons. The molecule has 3 nitrogen and oxygen atoms in total. The average Bonchev–Trinajstić information content (AvgIpc) is 3.25. The third kappa shape index (κ3) is 5.41. The molecule has 0 unspecified atom stereocenters. The second-order valence-electron chi connectivity index (χ2n) is 5.78. The van der Waals surface area contributed by atoms with Gasteiger partial charge in [0, 0.05) is 18.5 Å². The number of alkyl halides is 3. The second-order valence-corrected chi connectivity index (χ2v) is 5.78. The molecule has 1 saturated carbocycles. The van der Waals surface area contributed by atoms with Crippen molar-refractivity contribution < 1.29 is 17.6 Å². The smallest absolute Gasteiger partial charge is 0.357 e. The predicted molar refractivity (Wildman–Crippen MR) is 82.0 cm³/mol. The van der Waals surface area contributed by atoms with Gasteiger partial charge in [0.05, 0.1) is 13.0 Å². The van der Waals surface area contributed by atoms with Crippen LogP contribution >= 0.6 is 0 Å². The van der Waals surface area contributed by atoms with Gasteiger partial charge in [0.15, 0.2) is 5.96 Å². The van der Waals surface area contributed by atoms with E-state index < -0.39 is 12.6 Å². The van der Waals surface area contributed by atoms with Crippen molar-refractivity contribution in [2.45, 2.75) is 37.8 Å². The van der Waals surface area contributed by atoms with Gasteiger partial charge >= 0.3 is 6.18 Å². The fraction of sp³-hybridized carbons (Fsp3) is 0.562. The molecule has 1 fully saturated rings. The largest absolute Gasteiger partial charge is 0.390 e. The van der Waals surface area contributed by atoms with Crippen molar-refractivity contribution in [1.82, 2.24) is 10.6 Å². The quantitative estimate of drug-likeness (QED) is 0.476. The summed E-state index contributed by atoms with van der Waals surface area (Å²) in [6.45, 7) is 2.62. The van der Waals surface area contributed by atoms with Crippen LogP contribution in [0.4, 0.5) is 17.6 Å². The summed E-state index contributed by atoms with van der Waals surface area (Å²) in [5, 5.41) is 5.61. The third-order valence-electron chi connectivity index (χ3n) is 3.88. The molecule has 7 heteroatoms. The molecule has 1 aliphatic carbocycles. The van der Waals surface area contributed by atoms with E-state index in [1.54, 1.807) is 6.07 Å². The summed E-state index contributed by atoms with van der Waals surface area (Å²) in [5.74, 6) is 0.0763. The molecule has 0 heterocycles. The predicted octanol–water partition coefficient (Wildman–Crippen LogP) is 3.36. The molecule has 1 aromatic rings. The lowest BCUT2D eigenvalue weighted by Crippen LogP contribution is -2.39. The number of guanidine groups is 1. The zero-order valence-electron chi connectivity index (χ0n) is 13.0. The van der Waals surface area contributed by atoms with Crippen molar-refractivity contribution in [3.05, 3.63) is 35.6 Å². The maximum atomic E-state index is 13.4. The summed E-state index contributed by atoms with van der Waals surface area (Å²) in [6, 6.07) is 6.44. The monoisotopic (exact) mass is 331 g/mol. The summed E-state index contributed by atoms with van der Waals surface area (Å²) in [7, 11) is 0. The van der Waals surface area contributed by atoms with Crippen LogP contribution in [0.2, 0.25) is 0 Å².